The van der Waals surface area contributed by atoms with Crippen molar-refractivity contribution in [3.8, 4) is 0 Å². The van der Waals surface area contributed by atoms with Gasteiger partial charge < -0.3 is 10.0 Å². The fourth-order valence-electron chi connectivity index (χ4n) is 2.71. The van der Waals surface area contributed by atoms with Gasteiger partial charge in [-0.2, -0.15) is 0 Å². The first-order valence-electron chi connectivity index (χ1n) is 6.53. The molecule has 6 nitrogen and oxygen atoms in total. The summed E-state index contributed by atoms with van der Waals surface area (Å²) >= 11 is 0. The maximum absolute atomic E-state index is 11.1. The first-order valence-corrected chi connectivity index (χ1v) is 6.53. The topological polar surface area (TPSA) is 79.5 Å². The highest BCUT2D eigenvalue weighted by atomic mass is 16.6. The quantitative estimate of drug-likeness (QED) is 0.669. The summed E-state index contributed by atoms with van der Waals surface area (Å²) in [7, 11) is 0. The molecular formula is C14H15N3O3. The Labute approximate surface area is 115 Å². The number of nitrogens with zero attached hydrogens (tertiary/aromatic N) is 3. The van der Waals surface area contributed by atoms with Crippen molar-refractivity contribution >= 4 is 22.1 Å². The van der Waals surface area contributed by atoms with Crippen LogP contribution in [0.5, 0.6) is 0 Å². The van der Waals surface area contributed by atoms with Gasteiger partial charge in [-0.1, -0.05) is 0 Å². The Balaban J connectivity index is 2.20. The number of pyridine rings is 1. The number of aromatic nitrogens is 1. The van der Waals surface area contributed by atoms with Crippen LogP contribution >= 0.6 is 0 Å². The Kier molecular flexibility index (Phi) is 3.02. The summed E-state index contributed by atoms with van der Waals surface area (Å²) in [4.78, 5) is 16.9. The number of nitro groups is 1. The van der Waals surface area contributed by atoms with Gasteiger partial charge in [-0.15, -0.1) is 0 Å². The van der Waals surface area contributed by atoms with E-state index in [4.69, 9.17) is 0 Å². The SMILES string of the molecule is Cc1cc2c(N3CC[C@@H](O)C3)ccc([N+](=O)[O-])c2cn1. The van der Waals surface area contributed by atoms with E-state index in [1.54, 1.807) is 12.3 Å². The van der Waals surface area contributed by atoms with Crippen LogP contribution in [-0.2, 0) is 0 Å². The molecule has 1 saturated heterocycles. The second-order valence-electron chi connectivity index (χ2n) is 5.12. The third-order valence-corrected chi connectivity index (χ3v) is 3.69. The van der Waals surface area contributed by atoms with Crippen molar-refractivity contribution in [2.45, 2.75) is 19.4 Å². The van der Waals surface area contributed by atoms with E-state index in [1.807, 2.05) is 13.0 Å². The number of aryl methyl sites for hydroxylation is 1. The van der Waals surface area contributed by atoms with Crippen LogP contribution in [0.1, 0.15) is 12.1 Å². The largest absolute Gasteiger partial charge is 0.391 e. The number of nitro benzene ring substituents is 1. The number of β-amino-alcohol motifs (C(OH)–C–C–N with tert-alkyl or cyclic N) is 1. The van der Waals surface area contributed by atoms with Crippen LogP contribution in [0.2, 0.25) is 0 Å². The summed E-state index contributed by atoms with van der Waals surface area (Å²) in [5.41, 5.74) is 1.81. The molecule has 1 aromatic heterocycles. The highest BCUT2D eigenvalue weighted by Crippen LogP contribution is 2.34. The fourth-order valence-corrected chi connectivity index (χ4v) is 2.71. The first kappa shape index (κ1) is 12.8. The molecule has 2 aromatic rings. The molecule has 0 unspecified atom stereocenters. The minimum Gasteiger partial charge on any atom is -0.391 e. The number of non-ortho nitro benzene ring substituents is 1. The lowest BCUT2D eigenvalue weighted by atomic mass is 10.1. The minimum absolute atomic E-state index is 0.0657. The molecule has 0 aliphatic carbocycles. The first-order chi connectivity index (χ1) is 9.56. The number of rotatable bonds is 2. The standard InChI is InChI=1S/C14H15N3O3/c1-9-6-11-12(7-15-9)14(17(19)20)3-2-13(11)16-5-4-10(18)8-16/h2-3,6-7,10,18H,4-5,8H2,1H3/t10-/m1/s1. The van der Waals surface area contributed by atoms with Crippen LogP contribution in [0.15, 0.2) is 24.4 Å². The molecule has 1 aliphatic rings. The molecule has 1 atom stereocenters. The van der Waals surface area contributed by atoms with E-state index >= 15 is 0 Å². The van der Waals surface area contributed by atoms with Gasteiger partial charge in [0.05, 0.1) is 16.4 Å². The Morgan fingerprint density at radius 2 is 2.25 bits per heavy atom. The van der Waals surface area contributed by atoms with Crippen molar-refractivity contribution in [1.29, 1.82) is 0 Å². The predicted octanol–water partition coefficient (Wildman–Crippen LogP) is 2.02. The lowest BCUT2D eigenvalue weighted by Gasteiger charge is -2.20. The van der Waals surface area contributed by atoms with E-state index in [9.17, 15) is 15.2 Å². The second-order valence-corrected chi connectivity index (χ2v) is 5.12. The van der Waals surface area contributed by atoms with Gasteiger partial charge in [0, 0.05) is 42.1 Å². The van der Waals surface area contributed by atoms with Gasteiger partial charge in [0.25, 0.3) is 5.69 Å². The molecule has 0 radical (unpaired) electrons. The van der Waals surface area contributed by atoms with Crippen LogP contribution in [0.3, 0.4) is 0 Å². The van der Waals surface area contributed by atoms with Crippen molar-refractivity contribution in [1.82, 2.24) is 4.98 Å². The lowest BCUT2D eigenvalue weighted by molar-refractivity contribution is -0.383. The van der Waals surface area contributed by atoms with E-state index in [2.05, 4.69) is 9.88 Å². The van der Waals surface area contributed by atoms with Crippen molar-refractivity contribution < 1.29 is 10.0 Å². The minimum atomic E-state index is -0.387. The van der Waals surface area contributed by atoms with E-state index in [0.717, 1.165) is 29.7 Å². The average Bonchev–Trinajstić information content (AvgIpc) is 2.83. The normalized spacial score (nSPS) is 18.7. The molecule has 0 amide bonds. The monoisotopic (exact) mass is 273 g/mol. The summed E-state index contributed by atoms with van der Waals surface area (Å²) in [6.45, 7) is 3.19. The van der Waals surface area contributed by atoms with E-state index in [0.29, 0.717) is 11.9 Å². The number of hydrogen-bond donors (Lipinski definition) is 1. The molecule has 20 heavy (non-hydrogen) atoms. The van der Waals surface area contributed by atoms with Crippen LogP contribution < -0.4 is 4.90 Å². The van der Waals surface area contributed by atoms with Crippen LogP contribution in [-0.4, -0.2) is 34.2 Å². The molecule has 1 aliphatic heterocycles. The Morgan fingerprint density at radius 1 is 1.45 bits per heavy atom. The number of fused-ring (bicyclic) bond motifs is 1. The smallest absolute Gasteiger partial charge is 0.278 e. The lowest BCUT2D eigenvalue weighted by Crippen LogP contribution is -2.21. The number of hydrogen-bond acceptors (Lipinski definition) is 5. The van der Waals surface area contributed by atoms with Crippen LogP contribution in [0, 0.1) is 17.0 Å². The molecule has 6 heteroatoms. The summed E-state index contributed by atoms with van der Waals surface area (Å²) < 4.78 is 0. The van der Waals surface area contributed by atoms with E-state index < -0.39 is 0 Å². The highest BCUT2D eigenvalue weighted by Gasteiger charge is 2.24. The maximum atomic E-state index is 11.1. The second kappa shape index (κ2) is 4.72. The highest BCUT2D eigenvalue weighted by molar-refractivity contribution is 5.99. The third-order valence-electron chi connectivity index (χ3n) is 3.69. The summed E-state index contributed by atoms with van der Waals surface area (Å²) in [5.74, 6) is 0. The molecule has 3 rings (SSSR count). The molecule has 0 saturated carbocycles. The van der Waals surface area contributed by atoms with Gasteiger partial charge in [-0.05, 0) is 25.5 Å². The number of aliphatic hydroxyl groups excluding tert-OH is 1. The van der Waals surface area contributed by atoms with Gasteiger partial charge in [0.2, 0.25) is 0 Å². The van der Waals surface area contributed by atoms with Crippen molar-refractivity contribution in [2.24, 2.45) is 0 Å². The van der Waals surface area contributed by atoms with Crippen LogP contribution in [0.25, 0.3) is 10.8 Å². The van der Waals surface area contributed by atoms with Gasteiger partial charge >= 0.3 is 0 Å². The van der Waals surface area contributed by atoms with Gasteiger partial charge in [0.15, 0.2) is 0 Å². The zero-order chi connectivity index (χ0) is 14.3. The molecule has 1 aromatic carbocycles. The van der Waals surface area contributed by atoms with Gasteiger partial charge in [-0.3, -0.25) is 15.1 Å². The molecule has 2 heterocycles. The molecule has 0 spiro atoms. The molecule has 0 bridgehead atoms. The number of benzene rings is 1. The fraction of sp³-hybridized carbons (Fsp3) is 0.357. The molecular weight excluding hydrogens is 258 g/mol. The summed E-state index contributed by atoms with van der Waals surface area (Å²) in [6, 6.07) is 5.14. The Morgan fingerprint density at radius 3 is 2.90 bits per heavy atom. The third kappa shape index (κ3) is 2.08. The molecule has 104 valence electrons. The number of aliphatic hydroxyl groups is 1. The van der Waals surface area contributed by atoms with Gasteiger partial charge in [0.1, 0.15) is 0 Å². The zero-order valence-electron chi connectivity index (χ0n) is 11.1. The molecule has 1 fully saturated rings. The zero-order valence-corrected chi connectivity index (χ0v) is 11.1. The van der Waals surface area contributed by atoms with Gasteiger partial charge in [-0.25, -0.2) is 0 Å². The van der Waals surface area contributed by atoms with E-state index in [-0.39, 0.29) is 16.7 Å². The summed E-state index contributed by atoms with van der Waals surface area (Å²) in [6.07, 6.45) is 1.95. The van der Waals surface area contributed by atoms with Crippen molar-refractivity contribution in [3.05, 3.63) is 40.2 Å². The van der Waals surface area contributed by atoms with Crippen molar-refractivity contribution in [3.63, 3.8) is 0 Å². The number of anilines is 1. The van der Waals surface area contributed by atoms with E-state index in [1.165, 1.54) is 6.07 Å². The average molecular weight is 273 g/mol. The molecule has 1 N–H and O–H groups in total. The Bertz CT molecular complexity index is 687. The van der Waals surface area contributed by atoms with Crippen molar-refractivity contribution in [2.75, 3.05) is 18.0 Å². The predicted molar refractivity (Wildman–Crippen MR) is 76.0 cm³/mol. The maximum Gasteiger partial charge on any atom is 0.278 e. The summed E-state index contributed by atoms with van der Waals surface area (Å²) in [5, 5.41) is 22.1. The Hall–Kier alpha value is -2.21. The van der Waals surface area contributed by atoms with Crippen LogP contribution in [0.4, 0.5) is 11.4 Å².